The van der Waals surface area contributed by atoms with Crippen molar-refractivity contribution in [3.8, 4) is 6.07 Å². The number of benzene rings is 2. The average molecular weight is 441 g/mol. The highest BCUT2D eigenvalue weighted by Gasteiger charge is 2.35. The Kier molecular flexibility index (Phi) is 10.8. The quantitative estimate of drug-likeness (QED) is 0.418. The van der Waals surface area contributed by atoms with E-state index in [1.807, 2.05) is 0 Å². The van der Waals surface area contributed by atoms with Crippen molar-refractivity contribution >= 4 is 0 Å². The first kappa shape index (κ1) is 26.0. The Labute approximate surface area is 193 Å². The van der Waals surface area contributed by atoms with Gasteiger partial charge in [0.05, 0.1) is 6.07 Å². The molecule has 1 saturated carbocycles. The van der Waals surface area contributed by atoms with Crippen molar-refractivity contribution in [1.82, 2.24) is 4.90 Å². The van der Waals surface area contributed by atoms with Gasteiger partial charge in [-0.05, 0) is 75.5 Å². The van der Waals surface area contributed by atoms with E-state index in [9.17, 15) is 8.78 Å². The predicted molar refractivity (Wildman–Crippen MR) is 129 cm³/mol. The molecule has 4 heteroatoms. The fraction of sp³-hybridized carbons (Fsp3) is 0.536. The Morgan fingerprint density at radius 1 is 0.906 bits per heavy atom. The average Bonchev–Trinajstić information content (AvgIpc) is 3.12. The Balaban J connectivity index is 0.00000114. The molecule has 0 bridgehead atoms. The maximum absolute atomic E-state index is 13.5. The molecule has 32 heavy (non-hydrogen) atoms. The summed E-state index contributed by atoms with van der Waals surface area (Å²) in [5.41, 5.74) is 3.77. The molecule has 3 atom stereocenters. The van der Waals surface area contributed by atoms with E-state index in [-0.39, 0.29) is 5.92 Å². The molecule has 3 unspecified atom stereocenters. The molecule has 0 aliphatic heterocycles. The second kappa shape index (κ2) is 13.3. The Morgan fingerprint density at radius 2 is 1.44 bits per heavy atom. The summed E-state index contributed by atoms with van der Waals surface area (Å²) in [6.07, 6.45) is 1.26. The molecule has 0 radical (unpaired) electrons. The molecule has 1 aliphatic carbocycles. The van der Waals surface area contributed by atoms with Crippen molar-refractivity contribution in [3.05, 3.63) is 71.3 Å². The first-order chi connectivity index (χ1) is 15.3. The van der Waals surface area contributed by atoms with Crippen molar-refractivity contribution < 1.29 is 8.78 Å². The molecular weight excluding hydrogens is 402 g/mol. The minimum absolute atomic E-state index is 0.0300. The van der Waals surface area contributed by atoms with Crippen LogP contribution in [0.3, 0.4) is 0 Å². The number of rotatable bonds is 9. The summed E-state index contributed by atoms with van der Waals surface area (Å²) in [6.45, 7) is 9.36. The van der Waals surface area contributed by atoms with E-state index < -0.39 is 12.3 Å². The summed E-state index contributed by atoms with van der Waals surface area (Å²) in [4.78, 5) is 2.59. The lowest BCUT2D eigenvalue weighted by Crippen LogP contribution is -2.40. The number of nitriles is 1. The van der Waals surface area contributed by atoms with Gasteiger partial charge in [0.25, 0.3) is 0 Å². The zero-order valence-electron chi connectivity index (χ0n) is 20.0. The van der Waals surface area contributed by atoms with Crippen LogP contribution in [-0.2, 0) is 12.8 Å². The standard InChI is InChI=1S/C26H35F2N.C2H3N/c1-19(2)29(16-15-21-7-5-4-6-8-21)20(3)9-10-22-11-13-23(14-12-22)24-17-25(27)26(28)18-24;1-2-3/h4-8,11-14,19-20,24-26H,9-10,15-18H2,1-3H3;1H3. The molecule has 174 valence electrons. The van der Waals surface area contributed by atoms with Gasteiger partial charge >= 0.3 is 0 Å². The molecule has 0 saturated heterocycles. The molecule has 1 fully saturated rings. The highest BCUT2D eigenvalue weighted by Crippen LogP contribution is 2.38. The third kappa shape index (κ3) is 8.02. The summed E-state index contributed by atoms with van der Waals surface area (Å²) >= 11 is 0. The first-order valence-corrected chi connectivity index (χ1v) is 11.8. The summed E-state index contributed by atoms with van der Waals surface area (Å²) < 4.78 is 26.9. The Hall–Kier alpha value is -2.25. The number of aryl methyl sites for hydroxylation is 1. The van der Waals surface area contributed by atoms with Crippen LogP contribution in [0, 0.1) is 11.3 Å². The number of halogens is 2. The van der Waals surface area contributed by atoms with Gasteiger partial charge in [0.2, 0.25) is 0 Å². The van der Waals surface area contributed by atoms with Crippen LogP contribution in [0.15, 0.2) is 54.6 Å². The van der Waals surface area contributed by atoms with Gasteiger partial charge in [-0.2, -0.15) is 5.26 Å². The van der Waals surface area contributed by atoms with Gasteiger partial charge in [0.1, 0.15) is 12.3 Å². The maximum atomic E-state index is 13.5. The molecular formula is C28H38F2N2. The van der Waals surface area contributed by atoms with Gasteiger partial charge < -0.3 is 0 Å². The van der Waals surface area contributed by atoms with Crippen LogP contribution in [0.5, 0.6) is 0 Å². The molecule has 2 nitrogen and oxygen atoms in total. The second-order valence-electron chi connectivity index (χ2n) is 9.12. The Morgan fingerprint density at radius 3 is 1.97 bits per heavy atom. The van der Waals surface area contributed by atoms with Crippen LogP contribution in [0.25, 0.3) is 0 Å². The highest BCUT2D eigenvalue weighted by atomic mass is 19.2. The van der Waals surface area contributed by atoms with Gasteiger partial charge in [-0.3, -0.25) is 4.90 Å². The SMILES string of the molecule is CC#N.CC(C)N(CCc1ccccc1)C(C)CCc1ccc(C2CC(F)C(F)C2)cc1. The first-order valence-electron chi connectivity index (χ1n) is 11.8. The van der Waals surface area contributed by atoms with Crippen LogP contribution >= 0.6 is 0 Å². The number of alkyl halides is 2. The lowest BCUT2D eigenvalue weighted by atomic mass is 9.95. The molecule has 0 heterocycles. The van der Waals surface area contributed by atoms with Gasteiger partial charge in [0, 0.05) is 25.6 Å². The maximum Gasteiger partial charge on any atom is 0.132 e. The molecule has 0 spiro atoms. The number of hydrogen-bond donors (Lipinski definition) is 0. The molecule has 0 aromatic heterocycles. The summed E-state index contributed by atoms with van der Waals surface area (Å²) in [5, 5.41) is 7.32. The summed E-state index contributed by atoms with van der Waals surface area (Å²) in [7, 11) is 0. The van der Waals surface area contributed by atoms with Gasteiger partial charge in [-0.15, -0.1) is 0 Å². The zero-order chi connectivity index (χ0) is 23.5. The van der Waals surface area contributed by atoms with E-state index in [1.165, 1.54) is 18.1 Å². The number of hydrogen-bond acceptors (Lipinski definition) is 2. The highest BCUT2D eigenvalue weighted by molar-refractivity contribution is 5.27. The predicted octanol–water partition coefficient (Wildman–Crippen LogP) is 7.04. The van der Waals surface area contributed by atoms with Crippen LogP contribution in [0.1, 0.15) is 69.6 Å². The van der Waals surface area contributed by atoms with Crippen LogP contribution in [0.2, 0.25) is 0 Å². The summed E-state index contributed by atoms with van der Waals surface area (Å²) in [5.74, 6) is 0.0300. The Bertz CT molecular complexity index is 804. The minimum Gasteiger partial charge on any atom is -0.298 e. The van der Waals surface area contributed by atoms with Gasteiger partial charge in [-0.25, -0.2) is 8.78 Å². The monoisotopic (exact) mass is 440 g/mol. The lowest BCUT2D eigenvalue weighted by Gasteiger charge is -2.33. The van der Waals surface area contributed by atoms with Crippen LogP contribution in [0.4, 0.5) is 8.78 Å². The third-order valence-electron chi connectivity index (χ3n) is 6.44. The van der Waals surface area contributed by atoms with E-state index in [0.717, 1.165) is 31.4 Å². The minimum atomic E-state index is -1.29. The van der Waals surface area contributed by atoms with Crippen molar-refractivity contribution in [1.29, 1.82) is 5.26 Å². The summed E-state index contributed by atoms with van der Waals surface area (Å²) in [6, 6.07) is 21.9. The van der Waals surface area contributed by atoms with E-state index in [0.29, 0.717) is 24.9 Å². The van der Waals surface area contributed by atoms with E-state index in [2.05, 4.69) is 80.3 Å². The third-order valence-corrected chi connectivity index (χ3v) is 6.44. The van der Waals surface area contributed by atoms with Crippen molar-refractivity contribution in [2.75, 3.05) is 6.54 Å². The largest absolute Gasteiger partial charge is 0.298 e. The molecule has 3 rings (SSSR count). The zero-order valence-corrected chi connectivity index (χ0v) is 20.0. The smallest absolute Gasteiger partial charge is 0.132 e. The molecule has 2 aromatic carbocycles. The second-order valence-corrected chi connectivity index (χ2v) is 9.12. The van der Waals surface area contributed by atoms with Crippen molar-refractivity contribution in [2.45, 2.75) is 90.1 Å². The van der Waals surface area contributed by atoms with Gasteiger partial charge in [-0.1, -0.05) is 54.6 Å². The van der Waals surface area contributed by atoms with Crippen LogP contribution < -0.4 is 0 Å². The normalized spacial score (nSPS) is 21.2. The van der Waals surface area contributed by atoms with Gasteiger partial charge in [0.15, 0.2) is 0 Å². The molecule has 1 aliphatic rings. The van der Waals surface area contributed by atoms with E-state index in [1.54, 1.807) is 6.07 Å². The molecule has 2 aromatic rings. The molecule has 0 amide bonds. The lowest BCUT2D eigenvalue weighted by molar-refractivity contribution is 0.158. The van der Waals surface area contributed by atoms with Crippen molar-refractivity contribution in [2.24, 2.45) is 0 Å². The fourth-order valence-corrected chi connectivity index (χ4v) is 4.60. The topological polar surface area (TPSA) is 27.0 Å². The number of nitrogens with zero attached hydrogens (tertiary/aromatic N) is 2. The molecule has 0 N–H and O–H groups in total. The van der Waals surface area contributed by atoms with E-state index >= 15 is 0 Å². The van der Waals surface area contributed by atoms with Crippen molar-refractivity contribution in [3.63, 3.8) is 0 Å². The van der Waals surface area contributed by atoms with Crippen LogP contribution in [-0.4, -0.2) is 35.9 Å². The fourth-order valence-electron chi connectivity index (χ4n) is 4.60. The van der Waals surface area contributed by atoms with E-state index in [4.69, 9.17) is 5.26 Å².